The molecule has 0 fully saturated rings. The second-order valence-corrected chi connectivity index (χ2v) is 5.85. The lowest BCUT2D eigenvalue weighted by atomic mass is 10.1. The maximum Gasteiger partial charge on any atom is 0.343 e. The summed E-state index contributed by atoms with van der Waals surface area (Å²) in [5, 5.41) is 9.08. The fourth-order valence-electron chi connectivity index (χ4n) is 2.48. The number of carbonyl (C=O) groups is 3. The number of hydrogen-bond donors (Lipinski definition) is 1. The first-order chi connectivity index (χ1) is 13.5. The van der Waals surface area contributed by atoms with Crippen LogP contribution in [0.3, 0.4) is 0 Å². The molecule has 0 amide bonds. The van der Waals surface area contributed by atoms with E-state index in [1.165, 1.54) is 18.2 Å². The summed E-state index contributed by atoms with van der Waals surface area (Å²) < 4.78 is 10.7. The summed E-state index contributed by atoms with van der Waals surface area (Å²) in [6, 6.07) is 21.0. The monoisotopic (exact) mass is 376 g/mol. The molecule has 6 heteroatoms. The molecule has 0 aliphatic rings. The van der Waals surface area contributed by atoms with E-state index in [4.69, 9.17) is 14.6 Å². The zero-order chi connectivity index (χ0) is 19.9. The molecule has 0 aliphatic carbocycles. The fraction of sp³-hybridized carbons (Fsp3) is 0.0455. The quantitative estimate of drug-likeness (QED) is 0.520. The van der Waals surface area contributed by atoms with Gasteiger partial charge in [0.2, 0.25) is 0 Å². The lowest BCUT2D eigenvalue weighted by Crippen LogP contribution is -2.12. The van der Waals surface area contributed by atoms with Crippen LogP contribution in [-0.4, -0.2) is 23.0 Å². The molecular weight excluding hydrogens is 360 g/mol. The summed E-state index contributed by atoms with van der Waals surface area (Å²) in [5.74, 6) is -2.13. The molecule has 140 valence electrons. The zero-order valence-electron chi connectivity index (χ0n) is 14.7. The number of ether oxygens (including phenoxy) is 2. The first kappa shape index (κ1) is 18.8. The highest BCUT2D eigenvalue weighted by Gasteiger charge is 2.16. The van der Waals surface area contributed by atoms with Crippen molar-refractivity contribution in [3.63, 3.8) is 0 Å². The summed E-state index contributed by atoms with van der Waals surface area (Å²) in [4.78, 5) is 35.6. The zero-order valence-corrected chi connectivity index (χ0v) is 14.7. The molecule has 0 spiro atoms. The molecule has 0 atom stereocenters. The number of carbonyl (C=O) groups excluding carboxylic acids is 2. The average molecular weight is 376 g/mol. The molecule has 1 N–H and O–H groups in total. The standard InChI is InChI=1S/C22H16O6/c23-20(24)13-17-11-12-18(27-21(25)15-7-3-1-4-8-15)14-19(17)28-22(26)16-9-5-2-6-10-16/h1-12,14H,13H2,(H,23,24). The van der Waals surface area contributed by atoms with Crippen molar-refractivity contribution in [2.45, 2.75) is 6.42 Å². The van der Waals surface area contributed by atoms with Crippen LogP contribution in [0.25, 0.3) is 0 Å². The van der Waals surface area contributed by atoms with E-state index in [0.29, 0.717) is 11.1 Å². The first-order valence-electron chi connectivity index (χ1n) is 8.42. The number of carboxylic acid groups (broad SMARTS) is 1. The van der Waals surface area contributed by atoms with Gasteiger partial charge in [0.05, 0.1) is 17.5 Å². The van der Waals surface area contributed by atoms with Gasteiger partial charge >= 0.3 is 17.9 Å². The van der Waals surface area contributed by atoms with E-state index >= 15 is 0 Å². The predicted molar refractivity (Wildman–Crippen MR) is 101 cm³/mol. The third kappa shape index (κ3) is 4.82. The van der Waals surface area contributed by atoms with Gasteiger partial charge in [-0.25, -0.2) is 9.59 Å². The molecule has 6 nitrogen and oxygen atoms in total. The van der Waals surface area contributed by atoms with E-state index < -0.39 is 17.9 Å². The number of benzene rings is 3. The minimum Gasteiger partial charge on any atom is -0.481 e. The Morgan fingerprint density at radius 1 is 0.714 bits per heavy atom. The second-order valence-electron chi connectivity index (χ2n) is 5.85. The Kier molecular flexibility index (Phi) is 5.81. The Morgan fingerprint density at radius 2 is 1.25 bits per heavy atom. The molecule has 0 saturated carbocycles. The molecule has 3 rings (SSSR count). The summed E-state index contributed by atoms with van der Waals surface area (Å²) in [7, 11) is 0. The van der Waals surface area contributed by atoms with Crippen molar-refractivity contribution < 1.29 is 29.0 Å². The minimum absolute atomic E-state index is 0.0228. The lowest BCUT2D eigenvalue weighted by molar-refractivity contribution is -0.136. The molecule has 28 heavy (non-hydrogen) atoms. The van der Waals surface area contributed by atoms with Gasteiger partial charge in [-0.1, -0.05) is 42.5 Å². The summed E-state index contributed by atoms with van der Waals surface area (Å²) >= 11 is 0. The second kappa shape index (κ2) is 8.64. The highest BCUT2D eigenvalue weighted by molar-refractivity contribution is 5.92. The molecule has 0 heterocycles. The van der Waals surface area contributed by atoms with Crippen LogP contribution in [-0.2, 0) is 11.2 Å². The molecule has 0 radical (unpaired) electrons. The van der Waals surface area contributed by atoms with Crippen molar-refractivity contribution in [2.24, 2.45) is 0 Å². The Hall–Kier alpha value is -3.93. The van der Waals surface area contributed by atoms with Crippen LogP contribution in [0.4, 0.5) is 0 Å². The number of carboxylic acids is 1. The van der Waals surface area contributed by atoms with Crippen LogP contribution in [0.15, 0.2) is 78.9 Å². The van der Waals surface area contributed by atoms with E-state index in [9.17, 15) is 14.4 Å². The van der Waals surface area contributed by atoms with Crippen molar-refractivity contribution in [3.05, 3.63) is 95.6 Å². The maximum atomic E-state index is 12.3. The molecular formula is C22H16O6. The Balaban J connectivity index is 1.85. The molecule has 0 aromatic heterocycles. The largest absolute Gasteiger partial charge is 0.481 e. The van der Waals surface area contributed by atoms with E-state index in [1.54, 1.807) is 60.7 Å². The lowest BCUT2D eigenvalue weighted by Gasteiger charge is -2.11. The van der Waals surface area contributed by atoms with Crippen LogP contribution in [0.2, 0.25) is 0 Å². The molecule has 0 saturated heterocycles. The Labute approximate surface area is 161 Å². The topological polar surface area (TPSA) is 89.9 Å². The summed E-state index contributed by atoms with van der Waals surface area (Å²) in [5.41, 5.74) is 0.965. The van der Waals surface area contributed by atoms with Crippen LogP contribution in [0, 0.1) is 0 Å². The molecule has 3 aromatic rings. The van der Waals surface area contributed by atoms with Gasteiger partial charge in [0.15, 0.2) is 0 Å². The third-order valence-corrected chi connectivity index (χ3v) is 3.81. The van der Waals surface area contributed by atoms with Crippen molar-refractivity contribution in [1.82, 2.24) is 0 Å². The van der Waals surface area contributed by atoms with Gasteiger partial charge in [0.1, 0.15) is 11.5 Å². The first-order valence-corrected chi connectivity index (χ1v) is 8.42. The number of rotatable bonds is 6. The smallest absolute Gasteiger partial charge is 0.343 e. The van der Waals surface area contributed by atoms with E-state index in [1.807, 2.05) is 0 Å². The third-order valence-electron chi connectivity index (χ3n) is 3.81. The van der Waals surface area contributed by atoms with Gasteiger partial charge < -0.3 is 14.6 Å². The van der Waals surface area contributed by atoms with Gasteiger partial charge in [0, 0.05) is 11.6 Å². The highest BCUT2D eigenvalue weighted by Crippen LogP contribution is 2.27. The van der Waals surface area contributed by atoms with Crippen molar-refractivity contribution in [2.75, 3.05) is 0 Å². The number of aliphatic carboxylic acids is 1. The maximum absolute atomic E-state index is 12.3. The molecule has 0 bridgehead atoms. The fourth-order valence-corrected chi connectivity index (χ4v) is 2.48. The van der Waals surface area contributed by atoms with E-state index in [0.717, 1.165) is 0 Å². The van der Waals surface area contributed by atoms with Crippen molar-refractivity contribution in [1.29, 1.82) is 0 Å². The van der Waals surface area contributed by atoms with Gasteiger partial charge in [0.25, 0.3) is 0 Å². The summed E-state index contributed by atoms with van der Waals surface area (Å²) in [6.45, 7) is 0. The van der Waals surface area contributed by atoms with Gasteiger partial charge in [-0.3, -0.25) is 4.79 Å². The Bertz CT molecular complexity index is 996. The summed E-state index contributed by atoms with van der Waals surface area (Å²) in [6.07, 6.45) is -0.343. The van der Waals surface area contributed by atoms with Gasteiger partial charge in [-0.05, 0) is 30.3 Å². The van der Waals surface area contributed by atoms with Crippen LogP contribution < -0.4 is 9.47 Å². The molecule has 0 aliphatic heterocycles. The SMILES string of the molecule is O=C(O)Cc1ccc(OC(=O)c2ccccc2)cc1OC(=O)c1ccccc1. The average Bonchev–Trinajstić information content (AvgIpc) is 2.71. The number of hydrogen-bond acceptors (Lipinski definition) is 5. The van der Waals surface area contributed by atoms with Crippen LogP contribution >= 0.6 is 0 Å². The minimum atomic E-state index is -1.08. The van der Waals surface area contributed by atoms with Crippen LogP contribution in [0.1, 0.15) is 26.3 Å². The van der Waals surface area contributed by atoms with E-state index in [-0.39, 0.29) is 23.5 Å². The van der Waals surface area contributed by atoms with Crippen LogP contribution in [0.5, 0.6) is 11.5 Å². The normalized spacial score (nSPS) is 10.1. The molecule has 0 unspecified atom stereocenters. The van der Waals surface area contributed by atoms with Gasteiger partial charge in [-0.2, -0.15) is 0 Å². The number of esters is 2. The molecule has 3 aromatic carbocycles. The van der Waals surface area contributed by atoms with Crippen molar-refractivity contribution in [3.8, 4) is 11.5 Å². The van der Waals surface area contributed by atoms with Crippen molar-refractivity contribution >= 4 is 17.9 Å². The van der Waals surface area contributed by atoms with Gasteiger partial charge in [-0.15, -0.1) is 0 Å². The Morgan fingerprint density at radius 3 is 1.79 bits per heavy atom. The predicted octanol–water partition coefficient (Wildman–Crippen LogP) is 3.75. The highest BCUT2D eigenvalue weighted by atomic mass is 16.5. The van der Waals surface area contributed by atoms with E-state index in [2.05, 4.69) is 0 Å².